The third kappa shape index (κ3) is 2.17. The van der Waals surface area contributed by atoms with Crippen LogP contribution in [0.15, 0.2) is 18.2 Å². The number of hydrogen-bond donors (Lipinski definition) is 1. The van der Waals surface area contributed by atoms with E-state index < -0.39 is 0 Å². The SMILES string of the molecule is CC(CCCN)c1nc2c(F)cccc2n1C. The van der Waals surface area contributed by atoms with Gasteiger partial charge in [-0.25, -0.2) is 9.37 Å². The number of fused-ring (bicyclic) bond motifs is 1. The first kappa shape index (κ1) is 12.0. The summed E-state index contributed by atoms with van der Waals surface area (Å²) in [6.45, 7) is 2.79. The van der Waals surface area contributed by atoms with Gasteiger partial charge < -0.3 is 10.3 Å². The molecule has 0 saturated heterocycles. The normalized spacial score (nSPS) is 13.2. The molecule has 0 fully saturated rings. The Balaban J connectivity index is 2.41. The number of benzene rings is 1. The van der Waals surface area contributed by atoms with E-state index in [9.17, 15) is 4.39 Å². The van der Waals surface area contributed by atoms with Crippen LogP contribution in [-0.2, 0) is 7.05 Å². The Kier molecular flexibility index (Phi) is 3.43. The van der Waals surface area contributed by atoms with Crippen molar-refractivity contribution < 1.29 is 4.39 Å². The molecule has 1 aromatic heterocycles. The van der Waals surface area contributed by atoms with Crippen LogP contribution in [0.5, 0.6) is 0 Å². The van der Waals surface area contributed by atoms with E-state index in [1.807, 2.05) is 17.7 Å². The average Bonchev–Trinajstić information content (AvgIpc) is 2.66. The Hall–Kier alpha value is -1.42. The monoisotopic (exact) mass is 235 g/mol. The van der Waals surface area contributed by atoms with Crippen molar-refractivity contribution in [2.45, 2.75) is 25.7 Å². The van der Waals surface area contributed by atoms with Crippen molar-refractivity contribution in [1.29, 1.82) is 0 Å². The summed E-state index contributed by atoms with van der Waals surface area (Å²) in [7, 11) is 1.93. The molecule has 0 aliphatic heterocycles. The van der Waals surface area contributed by atoms with Gasteiger partial charge in [0.05, 0.1) is 5.52 Å². The molecule has 92 valence electrons. The van der Waals surface area contributed by atoms with Crippen molar-refractivity contribution in [2.24, 2.45) is 12.8 Å². The van der Waals surface area contributed by atoms with E-state index in [2.05, 4.69) is 11.9 Å². The lowest BCUT2D eigenvalue weighted by Gasteiger charge is -2.10. The minimum absolute atomic E-state index is 0.254. The van der Waals surface area contributed by atoms with Crippen molar-refractivity contribution in [3.8, 4) is 0 Å². The summed E-state index contributed by atoms with van der Waals surface area (Å²) in [5.74, 6) is 0.976. The predicted molar refractivity (Wildman–Crippen MR) is 67.4 cm³/mol. The van der Waals surface area contributed by atoms with Crippen LogP contribution >= 0.6 is 0 Å². The van der Waals surface area contributed by atoms with Gasteiger partial charge in [-0.1, -0.05) is 13.0 Å². The van der Waals surface area contributed by atoms with Gasteiger partial charge >= 0.3 is 0 Å². The van der Waals surface area contributed by atoms with Crippen LogP contribution in [0.3, 0.4) is 0 Å². The number of aromatic nitrogens is 2. The van der Waals surface area contributed by atoms with E-state index in [1.54, 1.807) is 6.07 Å². The van der Waals surface area contributed by atoms with Gasteiger partial charge in [-0.15, -0.1) is 0 Å². The summed E-state index contributed by atoms with van der Waals surface area (Å²) in [5, 5.41) is 0. The standard InChI is InChI=1S/C13H18FN3/c1-9(5-4-8-15)13-16-12-10(14)6-3-7-11(12)17(13)2/h3,6-7,9H,4-5,8,15H2,1-2H3. The van der Waals surface area contributed by atoms with Gasteiger partial charge in [0.1, 0.15) is 11.3 Å². The average molecular weight is 235 g/mol. The van der Waals surface area contributed by atoms with Gasteiger partial charge in [-0.05, 0) is 31.5 Å². The summed E-state index contributed by atoms with van der Waals surface area (Å²) < 4.78 is 15.6. The number of imidazole rings is 1. The fourth-order valence-electron chi connectivity index (χ4n) is 2.19. The van der Waals surface area contributed by atoms with Crippen molar-refractivity contribution >= 4 is 11.0 Å². The Bertz CT molecular complexity index is 519. The lowest BCUT2D eigenvalue weighted by Crippen LogP contribution is -2.06. The molecule has 1 unspecified atom stereocenters. The fourth-order valence-corrected chi connectivity index (χ4v) is 2.19. The number of halogens is 1. The first-order valence-corrected chi connectivity index (χ1v) is 5.96. The first-order chi connectivity index (χ1) is 8.15. The van der Waals surface area contributed by atoms with Gasteiger partial charge in [0, 0.05) is 13.0 Å². The maximum atomic E-state index is 13.6. The van der Waals surface area contributed by atoms with E-state index in [4.69, 9.17) is 5.73 Å². The highest BCUT2D eigenvalue weighted by molar-refractivity contribution is 5.76. The minimum atomic E-state index is -0.254. The zero-order valence-electron chi connectivity index (χ0n) is 10.3. The first-order valence-electron chi connectivity index (χ1n) is 5.96. The molecule has 17 heavy (non-hydrogen) atoms. The highest BCUT2D eigenvalue weighted by Crippen LogP contribution is 2.25. The molecule has 0 saturated carbocycles. The number of hydrogen-bond acceptors (Lipinski definition) is 2. The lowest BCUT2D eigenvalue weighted by atomic mass is 10.1. The Morgan fingerprint density at radius 1 is 1.47 bits per heavy atom. The molecular weight excluding hydrogens is 217 g/mol. The molecule has 3 nitrogen and oxygen atoms in total. The second kappa shape index (κ2) is 4.84. The highest BCUT2D eigenvalue weighted by Gasteiger charge is 2.15. The predicted octanol–water partition coefficient (Wildman–Crippen LogP) is 2.55. The summed E-state index contributed by atoms with van der Waals surface area (Å²) in [6, 6.07) is 5.06. The quantitative estimate of drug-likeness (QED) is 0.885. The summed E-state index contributed by atoms with van der Waals surface area (Å²) >= 11 is 0. The highest BCUT2D eigenvalue weighted by atomic mass is 19.1. The number of aryl methyl sites for hydroxylation is 1. The third-order valence-corrected chi connectivity index (χ3v) is 3.18. The van der Waals surface area contributed by atoms with Gasteiger partial charge in [-0.2, -0.15) is 0 Å². The fraction of sp³-hybridized carbons (Fsp3) is 0.462. The number of nitrogens with zero attached hydrogens (tertiary/aromatic N) is 2. The maximum Gasteiger partial charge on any atom is 0.151 e. The third-order valence-electron chi connectivity index (χ3n) is 3.18. The molecule has 1 atom stereocenters. The van der Waals surface area contributed by atoms with Gasteiger partial charge in [-0.3, -0.25) is 0 Å². The largest absolute Gasteiger partial charge is 0.331 e. The summed E-state index contributed by atoms with van der Waals surface area (Å²) in [4.78, 5) is 4.41. The lowest BCUT2D eigenvalue weighted by molar-refractivity contribution is 0.591. The molecule has 1 aromatic carbocycles. The zero-order valence-corrected chi connectivity index (χ0v) is 10.3. The van der Waals surface area contributed by atoms with Crippen LogP contribution in [0.2, 0.25) is 0 Å². The van der Waals surface area contributed by atoms with Gasteiger partial charge in [0.15, 0.2) is 5.82 Å². The topological polar surface area (TPSA) is 43.8 Å². The number of nitrogens with two attached hydrogens (primary N) is 1. The van der Waals surface area contributed by atoms with Crippen LogP contribution in [0.1, 0.15) is 31.5 Å². The molecule has 0 radical (unpaired) electrons. The number of rotatable bonds is 4. The molecule has 0 aliphatic carbocycles. The maximum absolute atomic E-state index is 13.6. The van der Waals surface area contributed by atoms with Crippen LogP contribution in [0, 0.1) is 5.82 Å². The molecule has 0 bridgehead atoms. The van der Waals surface area contributed by atoms with Crippen molar-refractivity contribution in [1.82, 2.24) is 9.55 Å². The molecule has 1 heterocycles. The molecule has 0 spiro atoms. The van der Waals surface area contributed by atoms with Crippen LogP contribution < -0.4 is 5.73 Å². The minimum Gasteiger partial charge on any atom is -0.331 e. The smallest absolute Gasteiger partial charge is 0.151 e. The van der Waals surface area contributed by atoms with E-state index in [0.717, 1.165) is 24.2 Å². The molecule has 2 N–H and O–H groups in total. The molecule has 0 amide bonds. The summed E-state index contributed by atoms with van der Waals surface area (Å²) in [5.41, 5.74) is 6.81. The van der Waals surface area contributed by atoms with E-state index in [1.165, 1.54) is 6.07 Å². The zero-order chi connectivity index (χ0) is 12.4. The van der Waals surface area contributed by atoms with Crippen molar-refractivity contribution in [2.75, 3.05) is 6.54 Å². The molecular formula is C13H18FN3. The van der Waals surface area contributed by atoms with Crippen molar-refractivity contribution in [3.05, 3.63) is 29.8 Å². The van der Waals surface area contributed by atoms with Crippen LogP contribution in [0.4, 0.5) is 4.39 Å². The van der Waals surface area contributed by atoms with Gasteiger partial charge in [0.25, 0.3) is 0 Å². The second-order valence-electron chi connectivity index (χ2n) is 4.47. The van der Waals surface area contributed by atoms with Gasteiger partial charge in [0.2, 0.25) is 0 Å². The van der Waals surface area contributed by atoms with Crippen LogP contribution in [0.25, 0.3) is 11.0 Å². The molecule has 0 aliphatic rings. The Labute approximate surface area is 100 Å². The van der Waals surface area contributed by atoms with Crippen molar-refractivity contribution in [3.63, 3.8) is 0 Å². The Morgan fingerprint density at radius 2 is 2.24 bits per heavy atom. The summed E-state index contributed by atoms with van der Waals surface area (Å²) in [6.07, 6.45) is 1.95. The molecule has 2 aromatic rings. The van der Waals surface area contributed by atoms with E-state index >= 15 is 0 Å². The second-order valence-corrected chi connectivity index (χ2v) is 4.47. The van der Waals surface area contributed by atoms with E-state index in [-0.39, 0.29) is 5.82 Å². The van der Waals surface area contributed by atoms with Crippen LogP contribution in [-0.4, -0.2) is 16.1 Å². The molecule has 2 rings (SSSR count). The Morgan fingerprint density at radius 3 is 2.88 bits per heavy atom. The van der Waals surface area contributed by atoms with E-state index in [0.29, 0.717) is 18.0 Å². The number of para-hydroxylation sites is 1. The molecule has 4 heteroatoms.